The second-order valence-corrected chi connectivity index (χ2v) is 6.37. The number of imidazole rings is 2. The molecule has 2 aromatic heterocycles. The summed E-state index contributed by atoms with van der Waals surface area (Å²) in [4.78, 5) is 19.6. The molecule has 8 heteroatoms. The first-order chi connectivity index (χ1) is 12.7. The topological polar surface area (TPSA) is 103 Å². The molecule has 126 valence electrons. The van der Waals surface area contributed by atoms with Gasteiger partial charge in [-0.1, -0.05) is 0 Å². The van der Waals surface area contributed by atoms with Gasteiger partial charge in [0.25, 0.3) is 5.69 Å². The van der Waals surface area contributed by atoms with E-state index in [2.05, 4.69) is 15.6 Å². The summed E-state index contributed by atoms with van der Waals surface area (Å²) in [6.45, 7) is 0. The predicted octanol–water partition coefficient (Wildman–Crippen LogP) is 3.49. The molecule has 0 radical (unpaired) electrons. The molecule has 1 aliphatic rings. The maximum absolute atomic E-state index is 11.0. The zero-order chi connectivity index (χ0) is 17.8. The lowest BCUT2D eigenvalue weighted by Gasteiger charge is -2.08. The van der Waals surface area contributed by atoms with E-state index >= 15 is 0 Å². The molecule has 0 amide bonds. The molecule has 0 spiro atoms. The third-order valence-corrected chi connectivity index (χ3v) is 4.67. The van der Waals surface area contributed by atoms with Crippen molar-refractivity contribution in [1.29, 1.82) is 5.26 Å². The Morgan fingerprint density at radius 2 is 2.00 bits per heavy atom. The fourth-order valence-corrected chi connectivity index (χ4v) is 3.29. The van der Waals surface area contributed by atoms with Crippen LogP contribution in [-0.4, -0.2) is 24.0 Å². The molecule has 26 heavy (non-hydrogen) atoms. The van der Waals surface area contributed by atoms with Crippen molar-refractivity contribution in [3.8, 4) is 12.0 Å². The van der Waals surface area contributed by atoms with Gasteiger partial charge in [-0.25, -0.2) is 9.97 Å². The number of nitrogens with zero attached hydrogens (tertiary/aromatic N) is 6. The summed E-state index contributed by atoms with van der Waals surface area (Å²) in [6, 6.07) is 12.6. The van der Waals surface area contributed by atoms with Crippen LogP contribution >= 0.6 is 0 Å². The van der Waals surface area contributed by atoms with Gasteiger partial charge in [0.2, 0.25) is 5.95 Å². The number of aromatic nitrogens is 4. The van der Waals surface area contributed by atoms with Crippen LogP contribution < -0.4 is 0 Å². The van der Waals surface area contributed by atoms with Gasteiger partial charge in [-0.05, 0) is 37.1 Å². The van der Waals surface area contributed by atoms with E-state index < -0.39 is 4.92 Å². The second-order valence-electron chi connectivity index (χ2n) is 6.37. The molecule has 0 unspecified atom stereocenters. The predicted molar refractivity (Wildman–Crippen MR) is 94.0 cm³/mol. The largest absolute Gasteiger partial charge is 0.306 e. The first kappa shape index (κ1) is 14.6. The zero-order valence-corrected chi connectivity index (χ0v) is 13.5. The van der Waals surface area contributed by atoms with Gasteiger partial charge < -0.3 is 4.57 Å². The first-order valence-electron chi connectivity index (χ1n) is 8.19. The number of nitro benzene ring substituents is 1. The summed E-state index contributed by atoms with van der Waals surface area (Å²) in [5, 5.41) is 20.2. The standard InChI is InChI=1S/C18H12N6O2/c19-9-11-1-5-14-17(7-11)23(12-2-3-12)18(21-14)22-10-20-15-8-13(24(25)26)4-6-16(15)22/h1,4-8,10,12H,2-3H2. The van der Waals surface area contributed by atoms with Gasteiger partial charge in [-0.3, -0.25) is 14.7 Å². The summed E-state index contributed by atoms with van der Waals surface area (Å²) in [5.41, 5.74) is 3.65. The van der Waals surface area contributed by atoms with E-state index in [-0.39, 0.29) is 5.69 Å². The highest BCUT2D eigenvalue weighted by atomic mass is 16.6. The molecule has 0 N–H and O–H groups in total. The van der Waals surface area contributed by atoms with Crippen LogP contribution in [0.3, 0.4) is 0 Å². The Balaban J connectivity index is 1.77. The van der Waals surface area contributed by atoms with Gasteiger partial charge in [-0.2, -0.15) is 5.26 Å². The Morgan fingerprint density at radius 3 is 2.73 bits per heavy atom. The Labute approximate surface area is 147 Å². The fourth-order valence-electron chi connectivity index (χ4n) is 3.29. The number of nitro groups is 1. The first-order valence-corrected chi connectivity index (χ1v) is 8.19. The number of rotatable bonds is 3. The minimum Gasteiger partial charge on any atom is -0.306 e. The van der Waals surface area contributed by atoms with E-state index in [1.165, 1.54) is 12.1 Å². The van der Waals surface area contributed by atoms with E-state index in [4.69, 9.17) is 4.98 Å². The van der Waals surface area contributed by atoms with Crippen LogP contribution in [-0.2, 0) is 0 Å². The van der Waals surface area contributed by atoms with Crippen LogP contribution in [0.2, 0.25) is 0 Å². The lowest BCUT2D eigenvalue weighted by atomic mass is 10.2. The molecule has 1 saturated carbocycles. The lowest BCUT2D eigenvalue weighted by molar-refractivity contribution is -0.384. The molecule has 2 heterocycles. The van der Waals surface area contributed by atoms with Gasteiger partial charge in [0, 0.05) is 18.2 Å². The summed E-state index contributed by atoms with van der Waals surface area (Å²) in [5.74, 6) is 0.717. The van der Waals surface area contributed by atoms with E-state index in [9.17, 15) is 15.4 Å². The Hall–Kier alpha value is -3.73. The zero-order valence-electron chi connectivity index (χ0n) is 13.5. The van der Waals surface area contributed by atoms with Crippen LogP contribution in [0, 0.1) is 21.4 Å². The molecule has 1 fully saturated rings. The van der Waals surface area contributed by atoms with Crippen molar-refractivity contribution in [2.75, 3.05) is 0 Å². The number of hydrogen-bond acceptors (Lipinski definition) is 5. The van der Waals surface area contributed by atoms with Crippen LogP contribution in [0.4, 0.5) is 5.69 Å². The minimum atomic E-state index is -0.429. The molecule has 8 nitrogen and oxygen atoms in total. The SMILES string of the molecule is N#Cc1ccc2nc(-n3cnc4cc([N+](=O)[O-])ccc43)n(C3CC3)c2c1. The third kappa shape index (κ3) is 2.07. The molecule has 5 rings (SSSR count). The highest BCUT2D eigenvalue weighted by molar-refractivity contribution is 5.83. The highest BCUT2D eigenvalue weighted by Crippen LogP contribution is 2.40. The number of non-ortho nitro benzene ring substituents is 1. The van der Waals surface area contributed by atoms with Crippen LogP contribution in [0.1, 0.15) is 24.4 Å². The molecule has 2 aromatic carbocycles. The molecule has 1 aliphatic carbocycles. The minimum absolute atomic E-state index is 0.0112. The Kier molecular flexibility index (Phi) is 2.88. The van der Waals surface area contributed by atoms with Crippen LogP contribution in [0.25, 0.3) is 28.0 Å². The van der Waals surface area contributed by atoms with Crippen molar-refractivity contribution in [1.82, 2.24) is 19.1 Å². The summed E-state index contributed by atoms with van der Waals surface area (Å²) >= 11 is 0. The Bertz CT molecular complexity index is 1240. The van der Waals surface area contributed by atoms with Crippen molar-refractivity contribution < 1.29 is 4.92 Å². The van der Waals surface area contributed by atoms with Crippen LogP contribution in [0.15, 0.2) is 42.7 Å². The quantitative estimate of drug-likeness (QED) is 0.418. The smallest absolute Gasteiger partial charge is 0.271 e. The van der Waals surface area contributed by atoms with Gasteiger partial charge in [0.05, 0.1) is 38.6 Å². The highest BCUT2D eigenvalue weighted by Gasteiger charge is 2.29. The van der Waals surface area contributed by atoms with E-state index in [1.54, 1.807) is 18.5 Å². The van der Waals surface area contributed by atoms with Gasteiger partial charge >= 0.3 is 0 Å². The van der Waals surface area contributed by atoms with Gasteiger partial charge in [0.1, 0.15) is 6.33 Å². The summed E-state index contributed by atoms with van der Waals surface area (Å²) < 4.78 is 3.99. The van der Waals surface area contributed by atoms with Crippen molar-refractivity contribution in [2.45, 2.75) is 18.9 Å². The maximum atomic E-state index is 11.0. The molecular formula is C18H12N6O2. The molecule has 0 saturated heterocycles. The normalized spacial score (nSPS) is 14.0. The van der Waals surface area contributed by atoms with Gasteiger partial charge in [-0.15, -0.1) is 0 Å². The average molecular weight is 344 g/mol. The van der Waals surface area contributed by atoms with E-state index in [0.29, 0.717) is 23.1 Å². The number of hydrogen-bond donors (Lipinski definition) is 0. The molecule has 0 bridgehead atoms. The molecule has 4 aromatic rings. The average Bonchev–Trinajstić information content (AvgIpc) is 3.29. The molecule has 0 aliphatic heterocycles. The van der Waals surface area contributed by atoms with Crippen molar-refractivity contribution in [3.05, 3.63) is 58.4 Å². The summed E-state index contributed by atoms with van der Waals surface area (Å²) in [7, 11) is 0. The number of benzene rings is 2. The van der Waals surface area contributed by atoms with E-state index in [0.717, 1.165) is 29.4 Å². The summed E-state index contributed by atoms with van der Waals surface area (Å²) in [6.07, 6.45) is 3.76. The molecular weight excluding hydrogens is 332 g/mol. The monoisotopic (exact) mass is 344 g/mol. The third-order valence-electron chi connectivity index (χ3n) is 4.67. The number of nitriles is 1. The second kappa shape index (κ2) is 5.13. The van der Waals surface area contributed by atoms with Crippen molar-refractivity contribution in [2.24, 2.45) is 0 Å². The van der Waals surface area contributed by atoms with E-state index in [1.807, 2.05) is 16.7 Å². The fraction of sp³-hybridized carbons (Fsp3) is 0.167. The maximum Gasteiger partial charge on any atom is 0.271 e. The molecule has 0 atom stereocenters. The number of fused-ring (bicyclic) bond motifs is 2. The lowest BCUT2D eigenvalue weighted by Crippen LogP contribution is -2.04. The van der Waals surface area contributed by atoms with Gasteiger partial charge in [0.15, 0.2) is 0 Å². The van der Waals surface area contributed by atoms with Crippen molar-refractivity contribution in [3.63, 3.8) is 0 Å². The Morgan fingerprint density at radius 1 is 1.15 bits per heavy atom. The van der Waals surface area contributed by atoms with Crippen LogP contribution in [0.5, 0.6) is 0 Å². The van der Waals surface area contributed by atoms with Crippen molar-refractivity contribution >= 4 is 27.8 Å².